The second-order valence-corrected chi connectivity index (χ2v) is 4.40. The molecule has 0 aromatic heterocycles. The lowest BCUT2D eigenvalue weighted by molar-refractivity contribution is 1.28. The van der Waals surface area contributed by atoms with Gasteiger partial charge < -0.3 is 0 Å². The number of hydrogen-bond donors (Lipinski definition) is 0. The van der Waals surface area contributed by atoms with Gasteiger partial charge in [-0.3, -0.25) is 0 Å². The molecule has 1 aliphatic rings. The first-order chi connectivity index (χ1) is 7.95. The normalized spacial score (nSPS) is 14.2. The molecule has 0 heteroatoms. The quantitative estimate of drug-likeness (QED) is 0.492. The summed E-state index contributed by atoms with van der Waals surface area (Å²) in [5.74, 6) is 0. The van der Waals surface area contributed by atoms with Crippen LogP contribution in [-0.4, -0.2) is 0 Å². The summed E-state index contributed by atoms with van der Waals surface area (Å²) in [5, 5.41) is 7.07. The van der Waals surface area contributed by atoms with Gasteiger partial charge in [0.25, 0.3) is 0 Å². The molecule has 74 valence electrons. The van der Waals surface area contributed by atoms with Crippen molar-refractivity contribution in [3.63, 3.8) is 0 Å². The number of fused-ring (bicyclic) bond motifs is 3. The van der Waals surface area contributed by atoms with Crippen molar-refractivity contribution in [2.75, 3.05) is 0 Å². The zero-order chi connectivity index (χ0) is 10.5. The lowest BCUT2D eigenvalue weighted by atomic mass is 10.1. The molecule has 0 N–H and O–H groups in total. The van der Waals surface area contributed by atoms with E-state index in [1.807, 2.05) is 0 Å². The largest absolute Gasteiger partial charge is 0.0930 e. The van der Waals surface area contributed by atoms with Gasteiger partial charge in [-0.2, -0.15) is 0 Å². The predicted octanol–water partition coefficient (Wildman–Crippen LogP) is 3.32. The van der Waals surface area contributed by atoms with Crippen molar-refractivity contribution in [2.45, 2.75) is 6.42 Å². The lowest BCUT2D eigenvalue weighted by Gasteiger charge is -1.93. The van der Waals surface area contributed by atoms with Crippen molar-refractivity contribution in [1.82, 2.24) is 0 Å². The van der Waals surface area contributed by atoms with Crippen LogP contribution in [0.2, 0.25) is 0 Å². The van der Waals surface area contributed by atoms with Gasteiger partial charge >= 0.3 is 0 Å². The van der Waals surface area contributed by atoms with Crippen LogP contribution in [0.4, 0.5) is 0 Å². The molecule has 0 saturated heterocycles. The van der Waals surface area contributed by atoms with E-state index in [0.29, 0.717) is 0 Å². The highest BCUT2D eigenvalue weighted by molar-refractivity contribution is 6.14. The van der Waals surface area contributed by atoms with Gasteiger partial charge in [0.1, 0.15) is 0 Å². The maximum atomic E-state index is 2.25. The first-order valence-electron chi connectivity index (χ1n) is 5.71. The molecule has 16 heavy (non-hydrogen) atoms. The first-order valence-corrected chi connectivity index (χ1v) is 5.71. The summed E-state index contributed by atoms with van der Waals surface area (Å²) in [6.45, 7) is 0. The van der Waals surface area contributed by atoms with Crippen LogP contribution < -0.4 is 5.22 Å². The summed E-state index contributed by atoms with van der Waals surface area (Å²) in [6.07, 6.45) is 7.72. The molecule has 0 fully saturated rings. The van der Waals surface area contributed by atoms with Crippen molar-refractivity contribution >= 4 is 27.6 Å². The summed E-state index contributed by atoms with van der Waals surface area (Å²) in [4.78, 5) is 0. The Hall–Kier alpha value is -1.95. The topological polar surface area (TPSA) is 0 Å². The van der Waals surface area contributed by atoms with Crippen LogP contribution in [0.15, 0.2) is 48.6 Å². The number of allylic oxidation sites excluding steroid dienone is 2. The summed E-state index contributed by atoms with van der Waals surface area (Å²) in [5.41, 5.74) is 1.49. The molecule has 3 aromatic carbocycles. The smallest absolute Gasteiger partial charge is 0.0646 e. The van der Waals surface area contributed by atoms with Crippen molar-refractivity contribution in [3.05, 3.63) is 59.3 Å². The predicted molar refractivity (Wildman–Crippen MR) is 69.6 cm³/mol. The number of rotatable bonds is 0. The maximum Gasteiger partial charge on any atom is 0.0930 e. The van der Waals surface area contributed by atoms with Crippen LogP contribution in [0.1, 0.15) is 5.56 Å². The highest BCUT2D eigenvalue weighted by Crippen LogP contribution is 2.29. The molecule has 3 aromatic rings. The maximum absolute atomic E-state index is 2.25. The average Bonchev–Trinajstić information content (AvgIpc) is 2.68. The van der Waals surface area contributed by atoms with E-state index in [1.54, 1.807) is 0 Å². The first kappa shape index (κ1) is 8.23. The molecular formula is C16H11+. The second kappa shape index (κ2) is 2.79. The van der Waals surface area contributed by atoms with E-state index in [4.69, 9.17) is 0 Å². The van der Waals surface area contributed by atoms with Crippen LogP contribution in [0.5, 0.6) is 0 Å². The molecule has 0 heterocycles. The van der Waals surface area contributed by atoms with E-state index in [9.17, 15) is 0 Å². The van der Waals surface area contributed by atoms with Crippen molar-refractivity contribution in [2.24, 2.45) is 0 Å². The Balaban J connectivity index is 2.43. The molecule has 0 saturated carbocycles. The Morgan fingerprint density at radius 2 is 1.88 bits per heavy atom. The van der Waals surface area contributed by atoms with Crippen molar-refractivity contribution in [1.29, 1.82) is 0 Å². The van der Waals surface area contributed by atoms with E-state index in [-0.39, 0.29) is 0 Å². The zero-order valence-corrected chi connectivity index (χ0v) is 8.90. The summed E-state index contributed by atoms with van der Waals surface area (Å²) in [7, 11) is 0. The van der Waals surface area contributed by atoms with E-state index in [0.717, 1.165) is 6.42 Å². The molecule has 0 atom stereocenters. The van der Waals surface area contributed by atoms with Gasteiger partial charge in [-0.1, -0.05) is 12.1 Å². The Labute approximate surface area is 93.8 Å². The molecule has 4 rings (SSSR count). The molecule has 0 bridgehead atoms. The fourth-order valence-corrected chi connectivity index (χ4v) is 2.89. The van der Waals surface area contributed by atoms with Crippen LogP contribution in [0, 0.1) is 0 Å². The minimum absolute atomic E-state index is 1.07. The van der Waals surface area contributed by atoms with Gasteiger partial charge in [-0.15, -0.1) is 0 Å². The summed E-state index contributed by atoms with van der Waals surface area (Å²) in [6, 6.07) is 13.2. The van der Waals surface area contributed by atoms with Gasteiger partial charge in [-0.25, -0.2) is 0 Å². The summed E-state index contributed by atoms with van der Waals surface area (Å²) < 4.78 is 0. The third-order valence-corrected chi connectivity index (χ3v) is 3.57. The Kier molecular flexibility index (Phi) is 1.44. The SMILES string of the molecule is C1=CC[c+]2c(c3cccc4cccc2c43)=C1. The molecule has 1 aliphatic carbocycles. The van der Waals surface area contributed by atoms with Gasteiger partial charge in [0.2, 0.25) is 0 Å². The van der Waals surface area contributed by atoms with Gasteiger partial charge in [0.05, 0.1) is 26.9 Å². The van der Waals surface area contributed by atoms with Gasteiger partial charge in [0.15, 0.2) is 0 Å². The monoisotopic (exact) mass is 203 g/mol. The van der Waals surface area contributed by atoms with Gasteiger partial charge in [0, 0.05) is 23.9 Å². The Morgan fingerprint density at radius 3 is 2.81 bits per heavy atom. The van der Waals surface area contributed by atoms with E-state index in [2.05, 4.69) is 54.6 Å². The standard InChI is InChI=1S/C16H11/c1-2-8-13-12(7-1)14-9-3-5-11-6-4-10-15(13)16(11)14/h1-7,9-10H,8H2/q+1. The fraction of sp³-hybridized carbons (Fsp3) is 0.0625. The molecule has 0 radical (unpaired) electrons. The Bertz CT molecular complexity index is 764. The van der Waals surface area contributed by atoms with Crippen LogP contribution in [0.3, 0.4) is 0 Å². The number of benzene rings is 2. The molecule has 0 aliphatic heterocycles. The highest BCUT2D eigenvalue weighted by Gasteiger charge is 2.19. The number of hydrogen-bond acceptors (Lipinski definition) is 0. The minimum atomic E-state index is 1.07. The Morgan fingerprint density at radius 1 is 1.00 bits per heavy atom. The fourth-order valence-electron chi connectivity index (χ4n) is 2.89. The third-order valence-electron chi connectivity index (χ3n) is 3.57. The lowest BCUT2D eigenvalue weighted by Crippen LogP contribution is -2.06. The van der Waals surface area contributed by atoms with Gasteiger partial charge in [-0.05, 0) is 30.3 Å². The van der Waals surface area contributed by atoms with Crippen LogP contribution in [-0.2, 0) is 6.42 Å². The van der Waals surface area contributed by atoms with E-state index < -0.39 is 0 Å². The van der Waals surface area contributed by atoms with Crippen molar-refractivity contribution < 1.29 is 0 Å². The minimum Gasteiger partial charge on any atom is -0.0646 e. The summed E-state index contributed by atoms with van der Waals surface area (Å²) >= 11 is 0. The van der Waals surface area contributed by atoms with Crippen molar-refractivity contribution in [3.8, 4) is 0 Å². The van der Waals surface area contributed by atoms with E-state index >= 15 is 0 Å². The second-order valence-electron chi connectivity index (χ2n) is 4.40. The van der Waals surface area contributed by atoms with Crippen LogP contribution in [0.25, 0.3) is 27.6 Å². The zero-order valence-electron chi connectivity index (χ0n) is 8.90. The molecule has 0 unspecified atom stereocenters. The van der Waals surface area contributed by atoms with E-state index in [1.165, 1.54) is 32.3 Å². The average molecular weight is 203 g/mol. The molecule has 0 spiro atoms. The molecule has 0 amide bonds. The third kappa shape index (κ3) is 0.873. The van der Waals surface area contributed by atoms with Crippen LogP contribution >= 0.6 is 0 Å². The molecule has 0 nitrogen and oxygen atoms in total. The highest BCUT2D eigenvalue weighted by atomic mass is 14.2. The molecular weight excluding hydrogens is 192 g/mol.